The number of likely N-dealkylation sites (N-methyl/N-ethyl adjacent to an activating group) is 1. The number of ether oxygens (including phenoxy) is 3. The van der Waals surface area contributed by atoms with E-state index in [4.69, 9.17) is 37.4 Å². The molecule has 3 saturated heterocycles. The normalized spacial score (nSPS) is 28.3. The van der Waals surface area contributed by atoms with Gasteiger partial charge in [-0.05, 0) is 37.6 Å². The molecule has 3 aromatic rings. The number of fused-ring (bicyclic) bond motifs is 2. The van der Waals surface area contributed by atoms with Gasteiger partial charge < -0.3 is 28.8 Å². The predicted octanol–water partition coefficient (Wildman–Crippen LogP) is 3.76. The second-order valence-corrected chi connectivity index (χ2v) is 10.5. The van der Waals surface area contributed by atoms with E-state index < -0.39 is 36.4 Å². The number of amides is 2. The number of urea groups is 1. The summed E-state index contributed by atoms with van der Waals surface area (Å²) in [6.07, 6.45) is -0.234. The van der Waals surface area contributed by atoms with Crippen LogP contribution in [-0.2, 0) is 14.2 Å². The summed E-state index contributed by atoms with van der Waals surface area (Å²) >= 11 is 12.3. The quantitative estimate of drug-likeness (QED) is 0.544. The van der Waals surface area contributed by atoms with E-state index in [1.807, 2.05) is 30.7 Å². The fourth-order valence-corrected chi connectivity index (χ4v) is 5.50. The van der Waals surface area contributed by atoms with Crippen LogP contribution in [0.2, 0.25) is 10.0 Å². The molecule has 3 fully saturated rings. The van der Waals surface area contributed by atoms with Crippen LogP contribution in [0.5, 0.6) is 0 Å². The molecular formula is C24H25Cl2N5O5. The summed E-state index contributed by atoms with van der Waals surface area (Å²) in [5.74, 6) is -0.332. The van der Waals surface area contributed by atoms with Crippen molar-refractivity contribution in [2.75, 3.05) is 25.0 Å². The Morgan fingerprint density at radius 2 is 1.89 bits per heavy atom. The monoisotopic (exact) mass is 533 g/mol. The van der Waals surface area contributed by atoms with Gasteiger partial charge in [0, 0.05) is 26.3 Å². The predicted molar refractivity (Wildman–Crippen MR) is 132 cm³/mol. The van der Waals surface area contributed by atoms with Gasteiger partial charge in [-0.15, -0.1) is 0 Å². The van der Waals surface area contributed by atoms with Crippen LogP contribution in [-0.4, -0.2) is 74.8 Å². The number of aliphatic hydroxyl groups excluding tert-OH is 1. The van der Waals surface area contributed by atoms with Gasteiger partial charge in [0.25, 0.3) is 0 Å². The molecule has 6 rings (SSSR count). The number of halogens is 2. The lowest BCUT2D eigenvalue weighted by atomic mass is 9.99. The highest BCUT2D eigenvalue weighted by Crippen LogP contribution is 2.47. The van der Waals surface area contributed by atoms with E-state index in [9.17, 15) is 9.90 Å². The smallest absolute Gasteiger partial charge is 0.325 e. The molecule has 2 aromatic heterocycles. The van der Waals surface area contributed by atoms with Crippen LogP contribution in [0.4, 0.5) is 10.6 Å². The maximum Gasteiger partial charge on any atom is 0.325 e. The maximum absolute atomic E-state index is 12.6. The summed E-state index contributed by atoms with van der Waals surface area (Å²) in [6.45, 7) is 4.82. The number of rotatable bonds is 4. The van der Waals surface area contributed by atoms with Gasteiger partial charge in [-0.1, -0.05) is 29.3 Å². The number of hydrogen-bond donors (Lipinski definition) is 1. The minimum atomic E-state index is -1.04. The lowest BCUT2D eigenvalue weighted by Crippen LogP contribution is -2.34. The highest BCUT2D eigenvalue weighted by Gasteiger charge is 2.58. The average Bonchev–Trinajstić information content (AvgIpc) is 3.57. The molecule has 0 bridgehead atoms. The Morgan fingerprint density at radius 1 is 1.11 bits per heavy atom. The second kappa shape index (κ2) is 8.54. The fourth-order valence-electron chi connectivity index (χ4n) is 5.19. The van der Waals surface area contributed by atoms with Crippen LogP contribution < -0.4 is 4.90 Å². The van der Waals surface area contributed by atoms with Gasteiger partial charge in [-0.25, -0.2) is 14.8 Å². The first-order chi connectivity index (χ1) is 17.1. The third kappa shape index (κ3) is 3.75. The van der Waals surface area contributed by atoms with E-state index >= 15 is 0 Å². The van der Waals surface area contributed by atoms with Crippen molar-refractivity contribution in [3.05, 3.63) is 52.4 Å². The Balaban J connectivity index is 1.37. The minimum absolute atomic E-state index is 0.112. The maximum atomic E-state index is 12.6. The molecule has 0 radical (unpaired) electrons. The van der Waals surface area contributed by atoms with E-state index in [2.05, 4.69) is 9.97 Å². The molecule has 12 heteroatoms. The van der Waals surface area contributed by atoms with Crippen molar-refractivity contribution in [1.29, 1.82) is 0 Å². The molecule has 1 unspecified atom stereocenters. The van der Waals surface area contributed by atoms with E-state index in [0.717, 1.165) is 0 Å². The number of carbonyl (C=O) groups is 1. The van der Waals surface area contributed by atoms with E-state index in [0.29, 0.717) is 45.5 Å². The molecule has 5 heterocycles. The topological polar surface area (TPSA) is 102 Å². The molecule has 10 nitrogen and oxygen atoms in total. The Morgan fingerprint density at radius 3 is 2.61 bits per heavy atom. The third-order valence-electron chi connectivity index (χ3n) is 6.90. The Kier molecular flexibility index (Phi) is 5.67. The number of benzene rings is 1. The van der Waals surface area contributed by atoms with Gasteiger partial charge in [0.15, 0.2) is 12.0 Å². The summed E-state index contributed by atoms with van der Waals surface area (Å²) < 4.78 is 20.7. The van der Waals surface area contributed by atoms with E-state index in [1.54, 1.807) is 35.0 Å². The van der Waals surface area contributed by atoms with Crippen molar-refractivity contribution in [2.45, 2.75) is 50.3 Å². The third-order valence-corrected chi connectivity index (χ3v) is 7.63. The molecule has 1 aromatic carbocycles. The van der Waals surface area contributed by atoms with E-state index in [1.165, 1.54) is 6.33 Å². The zero-order valence-electron chi connectivity index (χ0n) is 19.8. The first kappa shape index (κ1) is 23.9. The van der Waals surface area contributed by atoms with Gasteiger partial charge in [0.2, 0.25) is 0 Å². The number of nitrogens with zero attached hydrogens (tertiary/aromatic N) is 5. The van der Waals surface area contributed by atoms with Gasteiger partial charge in [-0.3, -0.25) is 4.90 Å². The van der Waals surface area contributed by atoms with Crippen LogP contribution >= 0.6 is 23.2 Å². The SMILES string of the molecule is CN1CCN(c2ncnc3c2ccn3[C@@H]2O[C@H](C(O)c3ccc(Cl)c(Cl)c3)[C@H]3OC(C)(C)O[C@H]32)C1=O. The standard InChI is InChI=1S/C24H25Cl2N5O5/c1-24(2)35-18-17(16(32)12-4-5-14(25)15(26)10-12)34-22(19(18)36-24)30-7-6-13-20(30)27-11-28-21(13)31-9-8-29(3)23(31)33/h4-7,10-11,16-19,22,32H,8-9H2,1-3H3/t16?,17-,18-,19-,22-/m1/s1. The number of hydrogen-bond acceptors (Lipinski definition) is 7. The molecule has 3 aliphatic rings. The molecule has 190 valence electrons. The number of aliphatic hydroxyl groups is 1. The van der Waals surface area contributed by atoms with Crippen LogP contribution in [0.25, 0.3) is 11.0 Å². The molecule has 36 heavy (non-hydrogen) atoms. The minimum Gasteiger partial charge on any atom is -0.386 e. The van der Waals surface area contributed by atoms with Gasteiger partial charge >= 0.3 is 6.03 Å². The van der Waals surface area contributed by atoms with Crippen molar-refractivity contribution >= 4 is 46.1 Å². The molecule has 0 saturated carbocycles. The molecule has 2 amide bonds. The molecule has 0 spiro atoms. The second-order valence-electron chi connectivity index (χ2n) is 9.69. The lowest BCUT2D eigenvalue weighted by Gasteiger charge is -2.27. The molecule has 5 atom stereocenters. The molecule has 3 aliphatic heterocycles. The molecule has 1 N–H and O–H groups in total. The van der Waals surface area contributed by atoms with Crippen LogP contribution in [0, 0.1) is 0 Å². The largest absolute Gasteiger partial charge is 0.386 e. The van der Waals surface area contributed by atoms with Crippen molar-refractivity contribution in [3.8, 4) is 0 Å². The summed E-state index contributed by atoms with van der Waals surface area (Å²) in [4.78, 5) is 24.8. The van der Waals surface area contributed by atoms with Crippen molar-refractivity contribution < 1.29 is 24.1 Å². The van der Waals surface area contributed by atoms with Gasteiger partial charge in [-0.2, -0.15) is 0 Å². The Hall–Kier alpha value is -2.47. The van der Waals surface area contributed by atoms with Crippen molar-refractivity contribution in [1.82, 2.24) is 19.4 Å². The first-order valence-electron chi connectivity index (χ1n) is 11.6. The summed E-state index contributed by atoms with van der Waals surface area (Å²) in [6, 6.07) is 6.71. The number of carbonyl (C=O) groups excluding carboxylic acids is 1. The van der Waals surface area contributed by atoms with Crippen LogP contribution in [0.3, 0.4) is 0 Å². The van der Waals surface area contributed by atoms with Crippen molar-refractivity contribution in [3.63, 3.8) is 0 Å². The summed E-state index contributed by atoms with van der Waals surface area (Å²) in [5.41, 5.74) is 1.14. The highest BCUT2D eigenvalue weighted by molar-refractivity contribution is 6.42. The van der Waals surface area contributed by atoms with Crippen molar-refractivity contribution in [2.24, 2.45) is 0 Å². The Labute approximate surface area is 217 Å². The average molecular weight is 534 g/mol. The zero-order chi connectivity index (χ0) is 25.4. The molecular weight excluding hydrogens is 509 g/mol. The van der Waals surface area contributed by atoms with Crippen LogP contribution in [0.15, 0.2) is 36.8 Å². The fraction of sp³-hybridized carbons (Fsp3) is 0.458. The van der Waals surface area contributed by atoms with Gasteiger partial charge in [0.1, 0.15) is 42.2 Å². The lowest BCUT2D eigenvalue weighted by molar-refractivity contribution is -0.207. The first-order valence-corrected chi connectivity index (χ1v) is 12.4. The zero-order valence-corrected chi connectivity index (χ0v) is 21.3. The van der Waals surface area contributed by atoms with Crippen LogP contribution in [0.1, 0.15) is 31.7 Å². The molecule has 0 aliphatic carbocycles. The summed E-state index contributed by atoms with van der Waals surface area (Å²) in [5, 5.41) is 12.7. The highest BCUT2D eigenvalue weighted by atomic mass is 35.5. The Bertz CT molecular complexity index is 1350. The van der Waals surface area contributed by atoms with Gasteiger partial charge in [0.05, 0.1) is 15.4 Å². The number of anilines is 1. The number of aromatic nitrogens is 3. The van der Waals surface area contributed by atoms with E-state index in [-0.39, 0.29) is 6.03 Å². The summed E-state index contributed by atoms with van der Waals surface area (Å²) in [7, 11) is 1.76.